The average molecular weight is 425 g/mol. The van der Waals surface area contributed by atoms with Crippen LogP contribution in [0.15, 0.2) is 24.3 Å². The first-order chi connectivity index (χ1) is 14.0. The Morgan fingerprint density at radius 1 is 1.20 bits per heavy atom. The first kappa shape index (κ1) is 23.4. The van der Waals surface area contributed by atoms with Crippen molar-refractivity contribution in [1.29, 1.82) is 0 Å². The van der Waals surface area contributed by atoms with E-state index in [1.54, 1.807) is 21.0 Å². The third-order valence-electron chi connectivity index (χ3n) is 6.66. The van der Waals surface area contributed by atoms with Crippen LogP contribution in [0, 0.1) is 0 Å². The van der Waals surface area contributed by atoms with Gasteiger partial charge in [-0.15, -0.1) is 0 Å². The third kappa shape index (κ3) is 4.82. The van der Waals surface area contributed by atoms with E-state index in [9.17, 15) is 15.3 Å². The molecule has 1 unspecified atom stereocenters. The molecule has 1 aromatic carbocycles. The highest BCUT2D eigenvalue weighted by Crippen LogP contribution is 2.43. The van der Waals surface area contributed by atoms with Crippen molar-refractivity contribution in [3.8, 4) is 5.75 Å². The summed E-state index contributed by atoms with van der Waals surface area (Å²) in [5.41, 5.74) is -1.50. The van der Waals surface area contributed by atoms with E-state index in [4.69, 9.17) is 18.9 Å². The largest absolute Gasteiger partial charge is 0.497 e. The van der Waals surface area contributed by atoms with E-state index in [0.29, 0.717) is 25.7 Å². The average Bonchev–Trinajstić information content (AvgIpc) is 3.27. The molecule has 0 aliphatic carbocycles. The first-order valence-corrected chi connectivity index (χ1v) is 10.7. The summed E-state index contributed by atoms with van der Waals surface area (Å²) in [7, 11) is 1.63. The molecule has 170 valence electrons. The molecule has 2 fully saturated rings. The van der Waals surface area contributed by atoms with Crippen molar-refractivity contribution in [2.45, 2.75) is 94.8 Å². The van der Waals surface area contributed by atoms with Crippen LogP contribution in [-0.4, -0.2) is 64.2 Å². The molecule has 0 spiro atoms. The molecule has 2 aliphatic rings. The molecular formula is C23H36O7. The predicted molar refractivity (Wildman–Crippen MR) is 111 cm³/mol. The zero-order valence-electron chi connectivity index (χ0n) is 18.6. The fourth-order valence-electron chi connectivity index (χ4n) is 4.34. The van der Waals surface area contributed by atoms with Gasteiger partial charge in [0.2, 0.25) is 0 Å². The summed E-state index contributed by atoms with van der Waals surface area (Å²) >= 11 is 0. The van der Waals surface area contributed by atoms with Crippen LogP contribution in [0.3, 0.4) is 0 Å². The topological polar surface area (TPSA) is 97.6 Å². The van der Waals surface area contributed by atoms with Gasteiger partial charge in [0.15, 0.2) is 6.29 Å². The minimum absolute atomic E-state index is 0.188. The summed E-state index contributed by atoms with van der Waals surface area (Å²) in [6.07, 6.45) is 0.255. The minimum atomic E-state index is -1.08. The highest BCUT2D eigenvalue weighted by Gasteiger charge is 2.49. The van der Waals surface area contributed by atoms with Gasteiger partial charge >= 0.3 is 0 Å². The minimum Gasteiger partial charge on any atom is -0.497 e. The number of rotatable bonds is 8. The van der Waals surface area contributed by atoms with Gasteiger partial charge in [-0.05, 0) is 65.5 Å². The van der Waals surface area contributed by atoms with E-state index in [0.717, 1.165) is 11.3 Å². The number of benzene rings is 1. The number of ether oxygens (including phenoxy) is 4. The van der Waals surface area contributed by atoms with Gasteiger partial charge < -0.3 is 34.3 Å². The van der Waals surface area contributed by atoms with Gasteiger partial charge in [0.1, 0.15) is 11.9 Å². The van der Waals surface area contributed by atoms with Crippen LogP contribution in [0.2, 0.25) is 0 Å². The van der Waals surface area contributed by atoms with Crippen LogP contribution in [0.25, 0.3) is 0 Å². The number of hydrogen-bond donors (Lipinski definition) is 3. The maximum atomic E-state index is 11.1. The van der Waals surface area contributed by atoms with Crippen LogP contribution in [-0.2, 0) is 14.2 Å². The van der Waals surface area contributed by atoms with Crippen LogP contribution in [0.4, 0.5) is 0 Å². The van der Waals surface area contributed by atoms with Crippen molar-refractivity contribution in [1.82, 2.24) is 0 Å². The molecule has 30 heavy (non-hydrogen) atoms. The van der Waals surface area contributed by atoms with Crippen molar-refractivity contribution in [2.24, 2.45) is 0 Å². The van der Waals surface area contributed by atoms with Crippen LogP contribution < -0.4 is 4.74 Å². The lowest BCUT2D eigenvalue weighted by atomic mass is 9.87. The number of hydrogen-bond acceptors (Lipinski definition) is 7. The van der Waals surface area contributed by atoms with Gasteiger partial charge in [-0.1, -0.05) is 12.1 Å². The van der Waals surface area contributed by atoms with Crippen molar-refractivity contribution in [2.75, 3.05) is 13.7 Å². The Kier molecular flexibility index (Phi) is 6.82. The van der Waals surface area contributed by atoms with E-state index < -0.39 is 35.3 Å². The van der Waals surface area contributed by atoms with Crippen LogP contribution in [0.5, 0.6) is 5.75 Å². The van der Waals surface area contributed by atoms with E-state index in [2.05, 4.69) is 0 Å². The highest BCUT2D eigenvalue weighted by molar-refractivity contribution is 5.28. The van der Waals surface area contributed by atoms with E-state index >= 15 is 0 Å². The molecular weight excluding hydrogens is 388 g/mol. The molecule has 1 aromatic rings. The maximum Gasteiger partial charge on any atom is 0.185 e. The Labute approximate surface area is 178 Å². The second-order valence-electron chi connectivity index (χ2n) is 9.50. The lowest BCUT2D eigenvalue weighted by Gasteiger charge is -2.35. The molecule has 2 saturated heterocycles. The molecule has 0 radical (unpaired) electrons. The molecule has 0 saturated carbocycles. The number of methoxy groups -OCH3 is 1. The van der Waals surface area contributed by atoms with Gasteiger partial charge in [0.05, 0.1) is 42.7 Å². The lowest BCUT2D eigenvalue weighted by Crippen LogP contribution is -2.46. The molecule has 0 amide bonds. The van der Waals surface area contributed by atoms with Gasteiger partial charge in [-0.2, -0.15) is 0 Å². The molecule has 3 N–H and O–H groups in total. The summed E-state index contributed by atoms with van der Waals surface area (Å²) in [6.45, 7) is 7.17. The third-order valence-corrected chi connectivity index (χ3v) is 6.66. The summed E-state index contributed by atoms with van der Waals surface area (Å²) < 4.78 is 23.6. The van der Waals surface area contributed by atoms with Crippen molar-refractivity contribution in [3.63, 3.8) is 0 Å². The second kappa shape index (κ2) is 8.73. The maximum absolute atomic E-state index is 11.1. The Hall–Kier alpha value is -1.22. The lowest BCUT2D eigenvalue weighted by molar-refractivity contribution is -0.168. The molecule has 6 atom stereocenters. The van der Waals surface area contributed by atoms with Crippen LogP contribution in [0.1, 0.15) is 65.2 Å². The quantitative estimate of drug-likeness (QED) is 0.590. The monoisotopic (exact) mass is 424 g/mol. The zero-order valence-corrected chi connectivity index (χ0v) is 18.6. The van der Waals surface area contributed by atoms with E-state index in [1.807, 2.05) is 38.1 Å². The Balaban J connectivity index is 1.60. The van der Waals surface area contributed by atoms with Gasteiger partial charge in [0.25, 0.3) is 0 Å². The van der Waals surface area contributed by atoms with Crippen molar-refractivity contribution >= 4 is 0 Å². The fourth-order valence-corrected chi connectivity index (χ4v) is 4.34. The van der Waals surface area contributed by atoms with Gasteiger partial charge in [-0.3, -0.25) is 0 Å². The second-order valence-corrected chi connectivity index (χ2v) is 9.50. The normalized spacial score (nSPS) is 33.9. The molecule has 0 bridgehead atoms. The van der Waals surface area contributed by atoms with Gasteiger partial charge in [-0.25, -0.2) is 0 Å². The Bertz CT molecular complexity index is 702. The smallest absolute Gasteiger partial charge is 0.185 e. The molecule has 7 heteroatoms. The summed E-state index contributed by atoms with van der Waals surface area (Å²) in [5, 5.41) is 30.4. The number of aliphatic hydroxyl groups excluding tert-OH is 2. The molecule has 0 aromatic heterocycles. The summed E-state index contributed by atoms with van der Waals surface area (Å²) in [5.74, 6) is 0.776. The van der Waals surface area contributed by atoms with Crippen molar-refractivity contribution < 1.29 is 34.3 Å². The predicted octanol–water partition coefficient (Wildman–Crippen LogP) is 2.71. The molecule has 2 aliphatic heterocycles. The standard InChI is InChI=1S/C23H36O7/c1-21(2)18(28-20(30-21)15-6-8-16(27-5)9-7-15)10-12-22(3,26)19-11-13-23(4,29-19)17(25)14-24/h6-9,17-20,24-26H,10-14H2,1-5H3/t17-,18-,19-,20?,22+,23+/m1/s1. The fraction of sp³-hybridized carbons (Fsp3) is 0.739. The van der Waals surface area contributed by atoms with E-state index in [-0.39, 0.29) is 12.7 Å². The summed E-state index contributed by atoms with van der Waals surface area (Å²) in [6, 6.07) is 7.61. The summed E-state index contributed by atoms with van der Waals surface area (Å²) in [4.78, 5) is 0. The zero-order chi connectivity index (χ0) is 22.2. The van der Waals surface area contributed by atoms with Crippen molar-refractivity contribution in [3.05, 3.63) is 29.8 Å². The van der Waals surface area contributed by atoms with Gasteiger partial charge in [0, 0.05) is 5.56 Å². The Morgan fingerprint density at radius 2 is 1.87 bits per heavy atom. The van der Waals surface area contributed by atoms with E-state index in [1.165, 1.54) is 0 Å². The van der Waals surface area contributed by atoms with Crippen LogP contribution >= 0.6 is 0 Å². The molecule has 3 rings (SSSR count). The molecule has 7 nitrogen and oxygen atoms in total. The highest BCUT2D eigenvalue weighted by atomic mass is 16.7. The SMILES string of the molecule is COc1ccc(C2O[C@H](CC[C@](C)(O)[C@H]3CC[C@@](C)([C@H](O)CO)O3)C(C)(C)O2)cc1. The number of aliphatic hydroxyl groups is 3. The molecule has 2 heterocycles. The Morgan fingerprint density at radius 3 is 2.47 bits per heavy atom. The first-order valence-electron chi connectivity index (χ1n) is 10.7.